The molecule has 0 fully saturated rings. The molecular weight excluding hydrogens is 448 g/mol. The van der Waals surface area contributed by atoms with Gasteiger partial charge in [-0.2, -0.15) is 5.26 Å². The average Bonchev–Trinajstić information content (AvgIpc) is 2.79. The molecule has 0 aliphatic rings. The van der Waals surface area contributed by atoms with E-state index in [-0.39, 0.29) is 5.57 Å². The first-order valence-corrected chi connectivity index (χ1v) is 11.3. The first-order valence-electron chi connectivity index (χ1n) is 11.0. The van der Waals surface area contributed by atoms with Gasteiger partial charge in [0.15, 0.2) is 11.5 Å². The highest BCUT2D eigenvalue weighted by molar-refractivity contribution is 6.32. The van der Waals surface area contributed by atoms with Gasteiger partial charge in [0.05, 0.1) is 11.6 Å². The third-order valence-electron chi connectivity index (χ3n) is 5.24. The van der Waals surface area contributed by atoms with E-state index in [1.807, 2.05) is 70.2 Å². The Kier molecular flexibility index (Phi) is 8.34. The number of hydrogen-bond acceptors (Lipinski definition) is 4. The van der Waals surface area contributed by atoms with Crippen molar-refractivity contribution in [3.05, 3.63) is 93.0 Å². The normalized spacial score (nSPS) is 11.0. The van der Waals surface area contributed by atoms with Gasteiger partial charge in [0.25, 0.3) is 5.91 Å². The lowest BCUT2D eigenvalue weighted by Gasteiger charge is -2.15. The first kappa shape index (κ1) is 24.9. The van der Waals surface area contributed by atoms with Crippen molar-refractivity contribution >= 4 is 29.3 Å². The van der Waals surface area contributed by atoms with Crippen LogP contribution in [0, 0.1) is 32.1 Å². The van der Waals surface area contributed by atoms with Crippen LogP contribution < -0.4 is 14.8 Å². The van der Waals surface area contributed by atoms with Crippen LogP contribution >= 0.6 is 11.6 Å². The minimum atomic E-state index is -0.500. The van der Waals surface area contributed by atoms with E-state index in [4.69, 9.17) is 21.1 Å². The van der Waals surface area contributed by atoms with Crippen molar-refractivity contribution in [2.24, 2.45) is 0 Å². The predicted octanol–water partition coefficient (Wildman–Crippen LogP) is 6.79. The van der Waals surface area contributed by atoms with Gasteiger partial charge in [-0.05, 0) is 80.3 Å². The summed E-state index contributed by atoms with van der Waals surface area (Å²) >= 11 is 6.52. The number of amides is 1. The number of carbonyl (C=O) groups is 1. The van der Waals surface area contributed by atoms with Crippen molar-refractivity contribution in [3.8, 4) is 17.6 Å². The van der Waals surface area contributed by atoms with E-state index in [2.05, 4.69) is 5.32 Å². The SMILES string of the molecule is CCOc1cc(/C=C(\C#N)C(=O)Nc2ccc(C)c(C)c2)cc(Cl)c1OCc1cccc(C)c1. The molecule has 0 saturated heterocycles. The molecule has 0 radical (unpaired) electrons. The number of rotatable bonds is 8. The molecule has 3 aromatic carbocycles. The molecule has 0 atom stereocenters. The number of anilines is 1. The third kappa shape index (κ3) is 6.40. The highest BCUT2D eigenvalue weighted by Gasteiger charge is 2.15. The molecule has 174 valence electrons. The lowest BCUT2D eigenvalue weighted by molar-refractivity contribution is -0.112. The van der Waals surface area contributed by atoms with Crippen LogP contribution in [0.15, 0.2) is 60.2 Å². The Morgan fingerprint density at radius 1 is 1.06 bits per heavy atom. The highest BCUT2D eigenvalue weighted by Crippen LogP contribution is 2.38. The molecule has 0 saturated carbocycles. The zero-order chi connectivity index (χ0) is 24.7. The van der Waals surface area contributed by atoms with Crippen molar-refractivity contribution in [1.82, 2.24) is 0 Å². The van der Waals surface area contributed by atoms with Gasteiger partial charge < -0.3 is 14.8 Å². The van der Waals surface area contributed by atoms with Gasteiger partial charge in [0.2, 0.25) is 0 Å². The number of hydrogen-bond donors (Lipinski definition) is 1. The van der Waals surface area contributed by atoms with Crippen molar-refractivity contribution in [1.29, 1.82) is 5.26 Å². The molecule has 5 nitrogen and oxygen atoms in total. The molecule has 0 spiro atoms. The maximum Gasteiger partial charge on any atom is 0.266 e. The second kappa shape index (κ2) is 11.4. The Balaban J connectivity index is 1.85. The molecule has 1 amide bonds. The van der Waals surface area contributed by atoms with Gasteiger partial charge in [0.1, 0.15) is 18.2 Å². The van der Waals surface area contributed by atoms with Crippen LogP contribution in [0.25, 0.3) is 6.08 Å². The topological polar surface area (TPSA) is 71.3 Å². The summed E-state index contributed by atoms with van der Waals surface area (Å²) in [5.41, 5.74) is 5.46. The smallest absolute Gasteiger partial charge is 0.266 e. The zero-order valence-corrected chi connectivity index (χ0v) is 20.5. The summed E-state index contributed by atoms with van der Waals surface area (Å²) in [5.74, 6) is 0.362. The summed E-state index contributed by atoms with van der Waals surface area (Å²) in [5, 5.41) is 12.7. The van der Waals surface area contributed by atoms with Gasteiger partial charge in [0, 0.05) is 5.69 Å². The summed E-state index contributed by atoms with van der Waals surface area (Å²) in [6, 6.07) is 18.9. The second-order valence-electron chi connectivity index (χ2n) is 7.96. The van der Waals surface area contributed by atoms with Crippen molar-refractivity contribution < 1.29 is 14.3 Å². The Morgan fingerprint density at radius 2 is 1.85 bits per heavy atom. The summed E-state index contributed by atoms with van der Waals surface area (Å²) < 4.78 is 11.7. The third-order valence-corrected chi connectivity index (χ3v) is 5.52. The quantitative estimate of drug-likeness (QED) is 0.288. The lowest BCUT2D eigenvalue weighted by atomic mass is 10.1. The summed E-state index contributed by atoms with van der Waals surface area (Å²) in [6.45, 7) is 8.58. The lowest BCUT2D eigenvalue weighted by Crippen LogP contribution is -2.13. The maximum atomic E-state index is 12.7. The van der Waals surface area contributed by atoms with Crippen molar-refractivity contribution in [2.45, 2.75) is 34.3 Å². The molecule has 34 heavy (non-hydrogen) atoms. The molecule has 0 bridgehead atoms. The number of nitrogens with one attached hydrogen (secondary N) is 1. The Labute approximate surface area is 205 Å². The van der Waals surface area contributed by atoms with E-state index in [1.165, 1.54) is 6.08 Å². The van der Waals surface area contributed by atoms with Crippen LogP contribution in [-0.4, -0.2) is 12.5 Å². The fourth-order valence-corrected chi connectivity index (χ4v) is 3.64. The van der Waals surface area contributed by atoms with E-state index in [0.29, 0.717) is 41.0 Å². The van der Waals surface area contributed by atoms with Gasteiger partial charge in [-0.25, -0.2) is 0 Å². The largest absolute Gasteiger partial charge is 0.490 e. The molecule has 0 heterocycles. The van der Waals surface area contributed by atoms with Crippen LogP contribution in [0.5, 0.6) is 11.5 Å². The highest BCUT2D eigenvalue weighted by atomic mass is 35.5. The standard InChI is InChI=1S/C28H27ClN2O3/c1-5-33-26-15-22(14-25(29)27(26)34-17-21-8-6-7-18(2)11-21)13-23(16-30)28(32)31-24-10-9-19(3)20(4)12-24/h6-15H,5,17H2,1-4H3,(H,31,32)/b23-13+. The average molecular weight is 475 g/mol. The number of aryl methyl sites for hydroxylation is 3. The number of benzene rings is 3. The second-order valence-corrected chi connectivity index (χ2v) is 8.37. The van der Waals surface area contributed by atoms with Gasteiger partial charge in [-0.15, -0.1) is 0 Å². The Bertz CT molecular complexity index is 1280. The Hall–Kier alpha value is -3.75. The number of halogens is 1. The first-order chi connectivity index (χ1) is 16.3. The van der Waals surface area contributed by atoms with Gasteiger partial charge in [-0.1, -0.05) is 47.5 Å². The van der Waals surface area contributed by atoms with E-state index in [1.54, 1.807) is 18.2 Å². The Morgan fingerprint density at radius 3 is 2.53 bits per heavy atom. The van der Waals surface area contributed by atoms with Crippen molar-refractivity contribution in [3.63, 3.8) is 0 Å². The van der Waals surface area contributed by atoms with E-state index >= 15 is 0 Å². The van der Waals surface area contributed by atoms with Crippen LogP contribution in [0.4, 0.5) is 5.69 Å². The molecule has 0 aromatic heterocycles. The molecule has 0 aliphatic carbocycles. The van der Waals surface area contributed by atoms with Crippen LogP contribution in [-0.2, 0) is 11.4 Å². The van der Waals surface area contributed by atoms with E-state index in [9.17, 15) is 10.1 Å². The molecule has 6 heteroatoms. The van der Waals surface area contributed by atoms with Crippen molar-refractivity contribution in [2.75, 3.05) is 11.9 Å². The van der Waals surface area contributed by atoms with E-state index < -0.39 is 5.91 Å². The molecule has 1 N–H and O–H groups in total. The van der Waals surface area contributed by atoms with Gasteiger partial charge >= 0.3 is 0 Å². The zero-order valence-electron chi connectivity index (χ0n) is 19.7. The number of nitrogens with zero attached hydrogens (tertiary/aromatic N) is 1. The molecule has 0 unspecified atom stereocenters. The maximum absolute atomic E-state index is 12.7. The molecular formula is C28H27ClN2O3. The monoisotopic (exact) mass is 474 g/mol. The van der Waals surface area contributed by atoms with E-state index in [0.717, 1.165) is 22.3 Å². The minimum absolute atomic E-state index is 0.0508. The summed E-state index contributed by atoms with van der Waals surface area (Å²) in [7, 11) is 0. The molecule has 3 aromatic rings. The molecule has 0 aliphatic heterocycles. The molecule has 3 rings (SSSR count). The fraction of sp³-hybridized carbons (Fsp3) is 0.214. The predicted molar refractivity (Wildman–Crippen MR) is 136 cm³/mol. The van der Waals surface area contributed by atoms with Gasteiger partial charge in [-0.3, -0.25) is 4.79 Å². The van der Waals surface area contributed by atoms with Crippen LogP contribution in [0.3, 0.4) is 0 Å². The van der Waals surface area contributed by atoms with Crippen LogP contribution in [0.2, 0.25) is 5.02 Å². The fourth-order valence-electron chi connectivity index (χ4n) is 3.36. The number of carbonyl (C=O) groups excluding carboxylic acids is 1. The summed E-state index contributed by atoms with van der Waals surface area (Å²) in [6.07, 6.45) is 1.48. The summed E-state index contributed by atoms with van der Waals surface area (Å²) in [4.78, 5) is 12.7. The van der Waals surface area contributed by atoms with Crippen LogP contribution in [0.1, 0.15) is 34.7 Å². The number of ether oxygens (including phenoxy) is 2. The number of nitriles is 1. The minimum Gasteiger partial charge on any atom is -0.490 e.